The molecule has 2 aromatic rings. The van der Waals surface area contributed by atoms with E-state index in [0.717, 1.165) is 0 Å². The summed E-state index contributed by atoms with van der Waals surface area (Å²) in [5, 5.41) is 9.40. The minimum Gasteiger partial charge on any atom is -1.00 e. The molecule has 0 unspecified atom stereocenters. The summed E-state index contributed by atoms with van der Waals surface area (Å²) in [6.45, 7) is 1.72. The molecule has 0 saturated heterocycles. The number of hydrogen-bond acceptors (Lipinski definition) is 3. The average molecular weight is 212 g/mol. The molecule has 0 spiro atoms. The van der Waals surface area contributed by atoms with Crippen LogP contribution in [0.4, 0.5) is 0 Å². The molecule has 0 aliphatic carbocycles. The molecule has 0 bridgehead atoms. The van der Waals surface area contributed by atoms with Gasteiger partial charge in [-0.15, -0.1) is 0 Å². The lowest BCUT2D eigenvalue weighted by Crippen LogP contribution is -3.00. The van der Waals surface area contributed by atoms with E-state index >= 15 is 0 Å². The second kappa shape index (κ2) is 3.67. The number of fused-ring (bicyclic) bond motifs is 1. The van der Waals surface area contributed by atoms with E-state index in [4.69, 9.17) is 0 Å². The Bertz CT molecular complexity index is 522. The standard InChI is InChI=1S/C9H8N2O2.ClH/c1-6-5-8(13)11-4-2-3-7(12)9(11)10-6;/h2-5,12H,1H3;1H/p-1. The minimum atomic E-state index is -0.182. The van der Waals surface area contributed by atoms with Crippen LogP contribution in [0, 0.1) is 6.92 Å². The molecule has 0 aliphatic rings. The lowest BCUT2D eigenvalue weighted by molar-refractivity contribution is -0.00000384. The molecule has 5 heteroatoms. The van der Waals surface area contributed by atoms with Crippen molar-refractivity contribution in [3.8, 4) is 5.75 Å². The second-order valence-electron chi connectivity index (χ2n) is 2.82. The zero-order chi connectivity index (χ0) is 9.42. The van der Waals surface area contributed by atoms with Crippen LogP contribution in [0.1, 0.15) is 5.69 Å². The predicted molar refractivity (Wildman–Crippen MR) is 47.9 cm³/mol. The van der Waals surface area contributed by atoms with Crippen molar-refractivity contribution < 1.29 is 17.5 Å². The highest BCUT2D eigenvalue weighted by Crippen LogP contribution is 2.12. The van der Waals surface area contributed by atoms with Gasteiger partial charge in [0.2, 0.25) is 0 Å². The van der Waals surface area contributed by atoms with E-state index in [1.165, 1.54) is 16.5 Å². The van der Waals surface area contributed by atoms with Crippen molar-refractivity contribution in [3.63, 3.8) is 0 Å². The summed E-state index contributed by atoms with van der Waals surface area (Å²) >= 11 is 0. The van der Waals surface area contributed by atoms with Gasteiger partial charge < -0.3 is 17.5 Å². The number of pyridine rings is 1. The first-order valence-electron chi connectivity index (χ1n) is 3.86. The Kier molecular flexibility index (Phi) is 2.76. The average Bonchev–Trinajstić information content (AvgIpc) is 2.07. The maximum atomic E-state index is 11.4. The summed E-state index contributed by atoms with van der Waals surface area (Å²) in [5.41, 5.74) is 0.720. The van der Waals surface area contributed by atoms with Crippen molar-refractivity contribution in [2.45, 2.75) is 6.92 Å². The fraction of sp³-hybridized carbons (Fsp3) is 0.111. The van der Waals surface area contributed by atoms with Crippen LogP contribution in [0.2, 0.25) is 0 Å². The largest absolute Gasteiger partial charge is 1.00 e. The quantitative estimate of drug-likeness (QED) is 0.534. The zero-order valence-electron chi connectivity index (χ0n) is 7.44. The van der Waals surface area contributed by atoms with Gasteiger partial charge in [0, 0.05) is 18.0 Å². The maximum Gasteiger partial charge on any atom is 0.258 e. The molecule has 2 aromatic heterocycles. The van der Waals surface area contributed by atoms with Gasteiger partial charge in [-0.1, -0.05) is 0 Å². The Morgan fingerprint density at radius 3 is 2.93 bits per heavy atom. The van der Waals surface area contributed by atoms with E-state index in [1.807, 2.05) is 0 Å². The lowest BCUT2D eigenvalue weighted by atomic mass is 10.4. The van der Waals surface area contributed by atoms with Crippen molar-refractivity contribution in [3.05, 3.63) is 40.4 Å². The van der Waals surface area contributed by atoms with Gasteiger partial charge >= 0.3 is 0 Å². The summed E-state index contributed by atoms with van der Waals surface area (Å²) < 4.78 is 1.31. The van der Waals surface area contributed by atoms with Gasteiger partial charge in [-0.25, -0.2) is 4.98 Å². The highest BCUT2D eigenvalue weighted by molar-refractivity contribution is 5.52. The van der Waals surface area contributed by atoms with Gasteiger partial charge in [0.25, 0.3) is 5.56 Å². The summed E-state index contributed by atoms with van der Waals surface area (Å²) in [7, 11) is 0. The molecule has 0 saturated carbocycles. The Morgan fingerprint density at radius 2 is 2.21 bits per heavy atom. The molecule has 14 heavy (non-hydrogen) atoms. The fourth-order valence-corrected chi connectivity index (χ4v) is 1.23. The van der Waals surface area contributed by atoms with Crippen molar-refractivity contribution >= 4 is 5.65 Å². The summed E-state index contributed by atoms with van der Waals surface area (Å²) in [4.78, 5) is 15.4. The van der Waals surface area contributed by atoms with Crippen LogP contribution in [0.3, 0.4) is 0 Å². The molecule has 0 aromatic carbocycles. The molecular weight excluding hydrogens is 204 g/mol. The number of aromatic nitrogens is 2. The summed E-state index contributed by atoms with van der Waals surface area (Å²) in [6, 6.07) is 4.52. The Labute approximate surface area is 86.3 Å². The van der Waals surface area contributed by atoms with Crippen molar-refractivity contribution in [2.75, 3.05) is 0 Å². The van der Waals surface area contributed by atoms with Gasteiger partial charge in [-0.3, -0.25) is 9.20 Å². The molecule has 4 nitrogen and oxygen atoms in total. The van der Waals surface area contributed by atoms with Gasteiger partial charge in [0.1, 0.15) is 0 Å². The van der Waals surface area contributed by atoms with E-state index < -0.39 is 0 Å². The van der Waals surface area contributed by atoms with Gasteiger partial charge in [0.15, 0.2) is 11.4 Å². The first-order chi connectivity index (χ1) is 6.18. The molecule has 0 fully saturated rings. The number of aromatic hydroxyl groups is 1. The van der Waals surface area contributed by atoms with Crippen molar-refractivity contribution in [1.82, 2.24) is 9.38 Å². The van der Waals surface area contributed by atoms with Crippen LogP contribution >= 0.6 is 0 Å². The molecule has 0 aliphatic heterocycles. The maximum absolute atomic E-state index is 11.4. The Morgan fingerprint density at radius 1 is 1.50 bits per heavy atom. The molecule has 2 rings (SSSR count). The first-order valence-corrected chi connectivity index (χ1v) is 3.86. The van der Waals surface area contributed by atoms with Crippen molar-refractivity contribution in [1.29, 1.82) is 0 Å². The minimum absolute atomic E-state index is 0. The molecule has 1 N–H and O–H groups in total. The van der Waals surface area contributed by atoms with Gasteiger partial charge in [0.05, 0.1) is 0 Å². The van der Waals surface area contributed by atoms with Crippen LogP contribution in [0.15, 0.2) is 29.2 Å². The molecule has 0 radical (unpaired) electrons. The van der Waals surface area contributed by atoms with E-state index in [-0.39, 0.29) is 23.7 Å². The topological polar surface area (TPSA) is 54.6 Å². The molecule has 0 amide bonds. The van der Waals surface area contributed by atoms with Crippen LogP contribution in [-0.2, 0) is 0 Å². The van der Waals surface area contributed by atoms with Crippen LogP contribution in [0.25, 0.3) is 5.65 Å². The van der Waals surface area contributed by atoms with E-state index in [0.29, 0.717) is 11.3 Å². The van der Waals surface area contributed by atoms with E-state index in [1.54, 1.807) is 19.2 Å². The number of rotatable bonds is 0. The monoisotopic (exact) mass is 211 g/mol. The van der Waals surface area contributed by atoms with Crippen LogP contribution in [-0.4, -0.2) is 14.5 Å². The second-order valence-corrected chi connectivity index (χ2v) is 2.82. The third-order valence-electron chi connectivity index (χ3n) is 1.80. The number of nitrogens with zero attached hydrogens (tertiary/aromatic N) is 2. The van der Waals surface area contributed by atoms with Gasteiger partial charge in [-0.05, 0) is 19.1 Å². The molecule has 2 heterocycles. The first kappa shape index (κ1) is 10.5. The van der Waals surface area contributed by atoms with Crippen LogP contribution < -0.4 is 18.0 Å². The van der Waals surface area contributed by atoms with E-state index in [9.17, 15) is 9.90 Å². The summed E-state index contributed by atoms with van der Waals surface area (Å²) in [5.74, 6) is 0.0169. The Hall–Kier alpha value is -1.55. The zero-order valence-corrected chi connectivity index (χ0v) is 8.19. The third-order valence-corrected chi connectivity index (χ3v) is 1.80. The van der Waals surface area contributed by atoms with Gasteiger partial charge in [-0.2, -0.15) is 0 Å². The molecular formula is C9H8ClN2O2-. The highest BCUT2D eigenvalue weighted by atomic mass is 35.5. The number of aryl methyl sites for hydroxylation is 1. The molecule has 74 valence electrons. The smallest absolute Gasteiger partial charge is 0.258 e. The predicted octanol–water partition coefficient (Wildman–Crippen LogP) is -2.29. The normalized spacial score (nSPS) is 9.79. The lowest BCUT2D eigenvalue weighted by Gasteiger charge is -2.01. The van der Waals surface area contributed by atoms with Crippen LogP contribution in [0.5, 0.6) is 5.75 Å². The summed E-state index contributed by atoms with van der Waals surface area (Å²) in [6.07, 6.45) is 1.57. The Balaban J connectivity index is 0.000000980. The molecule has 0 atom stereocenters. The third kappa shape index (κ3) is 1.56. The number of halogens is 1. The fourth-order valence-electron chi connectivity index (χ4n) is 1.23. The number of hydrogen-bond donors (Lipinski definition) is 1. The van der Waals surface area contributed by atoms with E-state index in [2.05, 4.69) is 4.98 Å². The highest BCUT2D eigenvalue weighted by Gasteiger charge is 2.02. The van der Waals surface area contributed by atoms with Crippen molar-refractivity contribution in [2.24, 2.45) is 0 Å². The SMILES string of the molecule is Cc1cc(=O)n2cccc(O)c2n1.[Cl-].